The minimum Gasteiger partial charge on any atom is -0.460 e. The monoisotopic (exact) mass is 223 g/mol. The van der Waals surface area contributed by atoms with E-state index >= 15 is 0 Å². The Morgan fingerprint density at radius 3 is 3.00 bits per heavy atom. The van der Waals surface area contributed by atoms with Crippen LogP contribution in [-0.2, 0) is 6.54 Å². The first-order valence-electron chi connectivity index (χ1n) is 5.22. The number of benzene rings is 1. The minimum absolute atomic E-state index is 0.267. The van der Waals surface area contributed by atoms with E-state index in [0.29, 0.717) is 18.7 Å². The molecule has 2 aromatic rings. The number of nitrogens with one attached hydrogen (secondary N) is 1. The van der Waals surface area contributed by atoms with Gasteiger partial charge < -0.3 is 14.8 Å². The Bertz CT molecular complexity index is 479. The maximum atomic E-state index is 12.9. The summed E-state index contributed by atoms with van der Waals surface area (Å²) < 4.78 is 18.4. The summed E-state index contributed by atoms with van der Waals surface area (Å²) in [5.41, 5.74) is 0.676. The Balaban J connectivity index is 2.08. The van der Waals surface area contributed by atoms with Gasteiger partial charge in [-0.05, 0) is 31.2 Å². The average Bonchev–Trinajstić information content (AvgIpc) is 2.58. The molecule has 3 nitrogen and oxygen atoms in total. The molecule has 2 N–H and O–H groups in total. The molecule has 0 aliphatic rings. The van der Waals surface area contributed by atoms with Gasteiger partial charge >= 0.3 is 0 Å². The Morgan fingerprint density at radius 2 is 2.25 bits per heavy atom. The number of halogens is 1. The Hall–Kier alpha value is -1.39. The van der Waals surface area contributed by atoms with E-state index in [-0.39, 0.29) is 11.9 Å². The van der Waals surface area contributed by atoms with Crippen molar-refractivity contribution in [1.29, 1.82) is 0 Å². The minimum atomic E-state index is -0.387. The van der Waals surface area contributed by atoms with Crippen molar-refractivity contribution >= 4 is 11.0 Å². The van der Waals surface area contributed by atoms with Crippen LogP contribution in [0.3, 0.4) is 0 Å². The number of fused-ring (bicyclic) bond motifs is 1. The van der Waals surface area contributed by atoms with E-state index in [4.69, 9.17) is 9.52 Å². The first-order chi connectivity index (χ1) is 7.65. The second kappa shape index (κ2) is 4.63. The molecule has 0 radical (unpaired) electrons. The summed E-state index contributed by atoms with van der Waals surface area (Å²) in [7, 11) is 0. The Labute approximate surface area is 92.9 Å². The fourth-order valence-corrected chi connectivity index (χ4v) is 1.56. The third-order valence-electron chi connectivity index (χ3n) is 2.27. The Kier molecular flexibility index (Phi) is 3.22. The van der Waals surface area contributed by atoms with Crippen LogP contribution in [0.1, 0.15) is 12.7 Å². The van der Waals surface area contributed by atoms with Crippen molar-refractivity contribution in [2.75, 3.05) is 6.54 Å². The standard InChI is InChI=1S/C12H14FNO2/c1-8(15)6-14-7-11-5-9-4-10(13)2-3-12(9)16-11/h2-5,8,14-15H,6-7H2,1H3/t8-/m0/s1. The van der Waals surface area contributed by atoms with Crippen molar-refractivity contribution in [3.63, 3.8) is 0 Å². The average molecular weight is 223 g/mol. The molecule has 0 bridgehead atoms. The predicted molar refractivity (Wildman–Crippen MR) is 59.6 cm³/mol. The lowest BCUT2D eigenvalue weighted by molar-refractivity contribution is 0.190. The van der Waals surface area contributed by atoms with Crippen molar-refractivity contribution < 1.29 is 13.9 Å². The van der Waals surface area contributed by atoms with Gasteiger partial charge in [-0.1, -0.05) is 0 Å². The van der Waals surface area contributed by atoms with Crippen molar-refractivity contribution in [3.05, 3.63) is 35.8 Å². The van der Waals surface area contributed by atoms with E-state index in [2.05, 4.69) is 5.32 Å². The summed E-state index contributed by atoms with van der Waals surface area (Å²) in [6.07, 6.45) is -0.387. The van der Waals surface area contributed by atoms with Crippen molar-refractivity contribution in [3.8, 4) is 0 Å². The number of aliphatic hydroxyl groups is 1. The zero-order chi connectivity index (χ0) is 11.5. The van der Waals surface area contributed by atoms with E-state index in [1.165, 1.54) is 12.1 Å². The van der Waals surface area contributed by atoms with Crippen LogP contribution in [0.5, 0.6) is 0 Å². The SMILES string of the molecule is C[C@H](O)CNCc1cc2cc(F)ccc2o1. The molecule has 0 saturated carbocycles. The van der Waals surface area contributed by atoms with Gasteiger partial charge in [-0.25, -0.2) is 4.39 Å². The lowest BCUT2D eigenvalue weighted by Gasteiger charge is -2.03. The van der Waals surface area contributed by atoms with Crippen molar-refractivity contribution in [2.45, 2.75) is 19.6 Å². The van der Waals surface area contributed by atoms with Gasteiger partial charge in [0.1, 0.15) is 17.2 Å². The topological polar surface area (TPSA) is 45.4 Å². The first-order valence-corrected chi connectivity index (χ1v) is 5.22. The smallest absolute Gasteiger partial charge is 0.134 e. The van der Waals surface area contributed by atoms with E-state index in [1.807, 2.05) is 0 Å². The molecule has 0 spiro atoms. The second-order valence-corrected chi connectivity index (χ2v) is 3.87. The molecule has 1 atom stereocenters. The van der Waals surface area contributed by atoms with Crippen LogP contribution in [0.2, 0.25) is 0 Å². The molecule has 0 aliphatic carbocycles. The highest BCUT2D eigenvalue weighted by atomic mass is 19.1. The number of hydrogen-bond donors (Lipinski definition) is 2. The Morgan fingerprint density at radius 1 is 1.44 bits per heavy atom. The number of furan rings is 1. The number of aliphatic hydroxyl groups excluding tert-OH is 1. The van der Waals surface area contributed by atoms with Gasteiger partial charge in [0.2, 0.25) is 0 Å². The molecular formula is C12H14FNO2. The quantitative estimate of drug-likeness (QED) is 0.833. The van der Waals surface area contributed by atoms with Crippen LogP contribution < -0.4 is 5.32 Å². The fourth-order valence-electron chi connectivity index (χ4n) is 1.56. The molecule has 2 rings (SSSR count). The van der Waals surface area contributed by atoms with Crippen LogP contribution in [0.25, 0.3) is 11.0 Å². The highest BCUT2D eigenvalue weighted by Gasteiger charge is 2.04. The molecule has 1 aromatic carbocycles. The van der Waals surface area contributed by atoms with Gasteiger partial charge in [0, 0.05) is 11.9 Å². The van der Waals surface area contributed by atoms with Gasteiger partial charge in [0.25, 0.3) is 0 Å². The maximum Gasteiger partial charge on any atom is 0.134 e. The summed E-state index contributed by atoms with van der Waals surface area (Å²) >= 11 is 0. The molecule has 0 amide bonds. The van der Waals surface area contributed by atoms with E-state index in [1.54, 1.807) is 19.1 Å². The van der Waals surface area contributed by atoms with E-state index < -0.39 is 0 Å². The molecule has 0 unspecified atom stereocenters. The summed E-state index contributed by atoms with van der Waals surface area (Å²) in [5.74, 6) is 0.470. The van der Waals surface area contributed by atoms with Crippen molar-refractivity contribution in [1.82, 2.24) is 5.32 Å². The molecule has 0 aliphatic heterocycles. The van der Waals surface area contributed by atoms with E-state index in [9.17, 15) is 4.39 Å². The molecule has 1 heterocycles. The van der Waals surface area contributed by atoms with E-state index in [0.717, 1.165) is 11.1 Å². The molecule has 0 saturated heterocycles. The second-order valence-electron chi connectivity index (χ2n) is 3.87. The van der Waals surface area contributed by atoms with Crippen LogP contribution in [0, 0.1) is 5.82 Å². The number of rotatable bonds is 4. The molecular weight excluding hydrogens is 209 g/mol. The third-order valence-corrected chi connectivity index (χ3v) is 2.27. The molecule has 0 fully saturated rings. The molecule has 1 aromatic heterocycles. The van der Waals surface area contributed by atoms with Gasteiger partial charge in [-0.2, -0.15) is 0 Å². The molecule has 86 valence electrons. The maximum absolute atomic E-state index is 12.9. The zero-order valence-corrected chi connectivity index (χ0v) is 9.03. The highest BCUT2D eigenvalue weighted by molar-refractivity contribution is 5.77. The summed E-state index contributed by atoms with van der Waals surface area (Å²) in [6, 6.07) is 6.23. The van der Waals surface area contributed by atoms with Crippen LogP contribution in [0.15, 0.2) is 28.7 Å². The predicted octanol–water partition coefficient (Wildman–Crippen LogP) is 2.04. The highest BCUT2D eigenvalue weighted by Crippen LogP contribution is 2.20. The van der Waals surface area contributed by atoms with Crippen molar-refractivity contribution in [2.24, 2.45) is 0 Å². The van der Waals surface area contributed by atoms with Crippen LogP contribution in [0.4, 0.5) is 4.39 Å². The first kappa shape index (κ1) is 11.1. The number of hydrogen-bond acceptors (Lipinski definition) is 3. The van der Waals surface area contributed by atoms with Crippen LogP contribution >= 0.6 is 0 Å². The zero-order valence-electron chi connectivity index (χ0n) is 9.03. The lowest BCUT2D eigenvalue weighted by atomic mass is 10.2. The van der Waals surface area contributed by atoms with Gasteiger partial charge in [-0.3, -0.25) is 0 Å². The molecule has 4 heteroatoms. The fraction of sp³-hybridized carbons (Fsp3) is 0.333. The summed E-state index contributed by atoms with van der Waals surface area (Å²) in [6.45, 7) is 2.74. The largest absolute Gasteiger partial charge is 0.460 e. The van der Waals surface area contributed by atoms with Gasteiger partial charge in [0.05, 0.1) is 12.6 Å². The summed E-state index contributed by atoms with van der Waals surface area (Å²) in [5, 5.41) is 12.9. The lowest BCUT2D eigenvalue weighted by Crippen LogP contribution is -2.23. The normalized spacial score (nSPS) is 13.2. The van der Waals surface area contributed by atoms with Crippen LogP contribution in [-0.4, -0.2) is 17.8 Å². The summed E-state index contributed by atoms with van der Waals surface area (Å²) in [4.78, 5) is 0. The molecule has 16 heavy (non-hydrogen) atoms. The van der Waals surface area contributed by atoms with Gasteiger partial charge in [-0.15, -0.1) is 0 Å². The third kappa shape index (κ3) is 2.59. The van der Waals surface area contributed by atoms with Gasteiger partial charge in [0.15, 0.2) is 0 Å².